The molecule has 0 aromatic carbocycles. The second-order valence-corrected chi connectivity index (χ2v) is 3.69. The van der Waals surface area contributed by atoms with Gasteiger partial charge in [-0.3, -0.25) is 4.79 Å². The minimum absolute atomic E-state index is 0.156. The lowest BCUT2D eigenvalue weighted by Crippen LogP contribution is -2.33. The number of carbonyl (C=O) groups excluding carboxylic acids is 1. The Kier molecular flexibility index (Phi) is 5.05. The third-order valence-corrected chi connectivity index (χ3v) is 2.49. The number of ether oxygens (including phenoxy) is 1. The molecule has 1 amide bonds. The number of methoxy groups -OCH3 is 1. The first kappa shape index (κ1) is 12.8. The van der Waals surface area contributed by atoms with Crippen LogP contribution in [0.15, 0.2) is 16.5 Å². The van der Waals surface area contributed by atoms with Crippen LogP contribution in [0.4, 0.5) is 0 Å². The highest BCUT2D eigenvalue weighted by molar-refractivity contribution is 5.91. The van der Waals surface area contributed by atoms with Gasteiger partial charge >= 0.3 is 0 Å². The van der Waals surface area contributed by atoms with E-state index >= 15 is 0 Å². The molecule has 4 heteroatoms. The minimum Gasteiger partial charge on any atom is -0.453 e. The number of furan rings is 1. The van der Waals surface area contributed by atoms with Gasteiger partial charge in [0.15, 0.2) is 5.76 Å². The monoisotopic (exact) mass is 225 g/mol. The molecule has 0 radical (unpaired) electrons. The second kappa shape index (κ2) is 6.33. The van der Waals surface area contributed by atoms with Crippen LogP contribution in [-0.2, 0) is 11.3 Å². The summed E-state index contributed by atoms with van der Waals surface area (Å²) in [5.74, 6) is 0.854. The Bertz CT molecular complexity index is 329. The van der Waals surface area contributed by atoms with Gasteiger partial charge in [-0.2, -0.15) is 0 Å². The fraction of sp³-hybridized carbons (Fsp3) is 0.583. The molecular weight excluding hydrogens is 206 g/mol. The van der Waals surface area contributed by atoms with E-state index in [1.807, 2.05) is 13.8 Å². The van der Waals surface area contributed by atoms with Gasteiger partial charge in [-0.1, -0.05) is 13.8 Å². The smallest absolute Gasteiger partial charge is 0.287 e. The van der Waals surface area contributed by atoms with E-state index in [0.717, 1.165) is 12.8 Å². The number of nitrogens with one attached hydrogen (secondary N) is 1. The molecule has 4 nitrogen and oxygen atoms in total. The molecule has 1 N–H and O–H groups in total. The van der Waals surface area contributed by atoms with Crippen LogP contribution in [0.25, 0.3) is 0 Å². The van der Waals surface area contributed by atoms with Crippen molar-refractivity contribution in [3.8, 4) is 0 Å². The second-order valence-electron chi connectivity index (χ2n) is 3.69. The molecule has 1 heterocycles. The molecule has 0 saturated carbocycles. The quantitative estimate of drug-likeness (QED) is 0.808. The Morgan fingerprint density at radius 2 is 2.12 bits per heavy atom. The first-order valence-electron chi connectivity index (χ1n) is 5.59. The van der Waals surface area contributed by atoms with Crippen molar-refractivity contribution in [2.45, 2.75) is 39.3 Å². The third kappa shape index (κ3) is 3.38. The van der Waals surface area contributed by atoms with E-state index in [4.69, 9.17) is 9.15 Å². The van der Waals surface area contributed by atoms with E-state index < -0.39 is 0 Å². The van der Waals surface area contributed by atoms with Crippen LogP contribution >= 0.6 is 0 Å². The average Bonchev–Trinajstić information content (AvgIpc) is 2.74. The SMILES string of the molecule is CCC(CC)NC(=O)c1ccc(COC)o1. The molecule has 0 aliphatic rings. The molecule has 0 aliphatic carbocycles. The van der Waals surface area contributed by atoms with Crippen LogP contribution in [0.3, 0.4) is 0 Å². The standard InChI is InChI=1S/C12H19NO3/c1-4-9(5-2)13-12(14)11-7-6-10(16-11)8-15-3/h6-7,9H,4-5,8H2,1-3H3,(H,13,14). The van der Waals surface area contributed by atoms with Crippen molar-refractivity contribution >= 4 is 5.91 Å². The van der Waals surface area contributed by atoms with Gasteiger partial charge in [-0.05, 0) is 25.0 Å². The maximum Gasteiger partial charge on any atom is 0.287 e. The van der Waals surface area contributed by atoms with Crippen molar-refractivity contribution in [3.05, 3.63) is 23.7 Å². The van der Waals surface area contributed by atoms with E-state index in [2.05, 4.69) is 5.32 Å². The molecule has 16 heavy (non-hydrogen) atoms. The van der Waals surface area contributed by atoms with Crippen molar-refractivity contribution in [2.75, 3.05) is 7.11 Å². The predicted octanol–water partition coefficient (Wildman–Crippen LogP) is 2.34. The molecule has 1 aromatic heterocycles. The topological polar surface area (TPSA) is 51.5 Å². The lowest BCUT2D eigenvalue weighted by atomic mass is 10.2. The highest BCUT2D eigenvalue weighted by Gasteiger charge is 2.14. The molecule has 1 rings (SSSR count). The fourth-order valence-electron chi connectivity index (χ4n) is 1.47. The summed E-state index contributed by atoms with van der Waals surface area (Å²) in [5.41, 5.74) is 0. The van der Waals surface area contributed by atoms with Crippen molar-refractivity contribution in [1.82, 2.24) is 5.32 Å². The molecule has 0 atom stereocenters. The summed E-state index contributed by atoms with van der Waals surface area (Å²) in [6.07, 6.45) is 1.85. The molecule has 0 saturated heterocycles. The Morgan fingerprint density at radius 1 is 1.44 bits per heavy atom. The van der Waals surface area contributed by atoms with E-state index in [1.54, 1.807) is 19.2 Å². The summed E-state index contributed by atoms with van der Waals surface area (Å²) in [6.45, 7) is 4.48. The van der Waals surface area contributed by atoms with Gasteiger partial charge in [0.2, 0.25) is 0 Å². The van der Waals surface area contributed by atoms with Gasteiger partial charge in [0.05, 0.1) is 0 Å². The zero-order chi connectivity index (χ0) is 12.0. The zero-order valence-corrected chi connectivity index (χ0v) is 10.1. The largest absolute Gasteiger partial charge is 0.453 e. The van der Waals surface area contributed by atoms with Gasteiger partial charge in [0.25, 0.3) is 5.91 Å². The van der Waals surface area contributed by atoms with E-state index in [9.17, 15) is 4.79 Å². The van der Waals surface area contributed by atoms with Gasteiger partial charge in [0.1, 0.15) is 12.4 Å². The summed E-state index contributed by atoms with van der Waals surface area (Å²) in [7, 11) is 1.59. The van der Waals surface area contributed by atoms with Crippen LogP contribution in [-0.4, -0.2) is 19.1 Å². The summed E-state index contributed by atoms with van der Waals surface area (Å²) >= 11 is 0. The summed E-state index contributed by atoms with van der Waals surface area (Å²) in [5, 5.41) is 2.91. The average molecular weight is 225 g/mol. The molecule has 1 aromatic rings. The van der Waals surface area contributed by atoms with Crippen molar-refractivity contribution in [1.29, 1.82) is 0 Å². The van der Waals surface area contributed by atoms with Crippen LogP contribution in [0.1, 0.15) is 43.0 Å². The van der Waals surface area contributed by atoms with Gasteiger partial charge in [0, 0.05) is 13.2 Å². The minimum atomic E-state index is -0.156. The van der Waals surface area contributed by atoms with E-state index in [-0.39, 0.29) is 11.9 Å². The maximum atomic E-state index is 11.7. The first-order valence-corrected chi connectivity index (χ1v) is 5.59. The summed E-state index contributed by atoms with van der Waals surface area (Å²) < 4.78 is 10.3. The predicted molar refractivity (Wildman–Crippen MR) is 61.3 cm³/mol. The zero-order valence-electron chi connectivity index (χ0n) is 10.1. The van der Waals surface area contributed by atoms with Crippen LogP contribution in [0.2, 0.25) is 0 Å². The lowest BCUT2D eigenvalue weighted by Gasteiger charge is -2.13. The number of hydrogen-bond donors (Lipinski definition) is 1. The fourth-order valence-corrected chi connectivity index (χ4v) is 1.47. The highest BCUT2D eigenvalue weighted by atomic mass is 16.5. The van der Waals surface area contributed by atoms with E-state index in [1.165, 1.54) is 0 Å². The third-order valence-electron chi connectivity index (χ3n) is 2.49. The lowest BCUT2D eigenvalue weighted by molar-refractivity contribution is 0.0898. The first-order chi connectivity index (χ1) is 7.71. The number of rotatable bonds is 6. The van der Waals surface area contributed by atoms with Gasteiger partial charge in [-0.25, -0.2) is 0 Å². The molecule has 0 aliphatic heterocycles. The molecule has 0 fully saturated rings. The van der Waals surface area contributed by atoms with Crippen LogP contribution < -0.4 is 5.32 Å². The summed E-state index contributed by atoms with van der Waals surface area (Å²) in [4.78, 5) is 11.7. The van der Waals surface area contributed by atoms with Crippen molar-refractivity contribution in [3.63, 3.8) is 0 Å². The number of carbonyl (C=O) groups is 1. The summed E-state index contributed by atoms with van der Waals surface area (Å²) in [6, 6.07) is 3.64. The van der Waals surface area contributed by atoms with Crippen molar-refractivity contribution in [2.24, 2.45) is 0 Å². The molecule has 0 spiro atoms. The van der Waals surface area contributed by atoms with Crippen molar-refractivity contribution < 1.29 is 13.9 Å². The molecule has 0 unspecified atom stereocenters. The van der Waals surface area contributed by atoms with Gasteiger partial charge in [-0.15, -0.1) is 0 Å². The number of amides is 1. The van der Waals surface area contributed by atoms with Crippen LogP contribution in [0, 0.1) is 0 Å². The maximum absolute atomic E-state index is 11.7. The van der Waals surface area contributed by atoms with Gasteiger partial charge < -0.3 is 14.5 Å². The Labute approximate surface area is 96.0 Å². The van der Waals surface area contributed by atoms with E-state index in [0.29, 0.717) is 18.1 Å². The molecule has 0 bridgehead atoms. The highest BCUT2D eigenvalue weighted by Crippen LogP contribution is 2.09. The normalized spacial score (nSPS) is 10.8. The number of hydrogen-bond acceptors (Lipinski definition) is 3. The van der Waals surface area contributed by atoms with Crippen LogP contribution in [0.5, 0.6) is 0 Å². The molecule has 90 valence electrons. The Morgan fingerprint density at radius 3 is 2.69 bits per heavy atom. The Balaban J connectivity index is 2.58. The Hall–Kier alpha value is -1.29. The molecular formula is C12H19NO3.